The Morgan fingerprint density at radius 1 is 1.44 bits per heavy atom. The van der Waals surface area contributed by atoms with Crippen molar-refractivity contribution in [1.29, 1.82) is 0 Å². The first kappa shape index (κ1) is 13.3. The number of hydrogen-bond acceptors (Lipinski definition) is 3. The molecule has 1 N–H and O–H groups in total. The highest BCUT2D eigenvalue weighted by Gasteiger charge is 2.09. The average Bonchev–Trinajstić information content (AvgIpc) is 2.96. The average molecular weight is 263 g/mol. The van der Waals surface area contributed by atoms with Crippen LogP contribution in [0, 0.1) is 6.92 Å². The number of thiazole rings is 1. The molecule has 0 aromatic carbocycles. The van der Waals surface area contributed by atoms with E-state index in [0.29, 0.717) is 6.04 Å². The number of nitrogens with one attached hydrogen (secondary N) is 1. The van der Waals surface area contributed by atoms with Gasteiger partial charge in [0.15, 0.2) is 0 Å². The monoisotopic (exact) mass is 263 g/mol. The molecule has 2 rings (SSSR count). The summed E-state index contributed by atoms with van der Waals surface area (Å²) in [5.41, 5.74) is 1.38. The molecule has 0 bridgehead atoms. The van der Waals surface area contributed by atoms with Crippen molar-refractivity contribution in [3.05, 3.63) is 40.1 Å². The molecule has 0 spiro atoms. The van der Waals surface area contributed by atoms with Gasteiger partial charge in [0, 0.05) is 29.5 Å². The molecule has 0 aliphatic rings. The zero-order valence-electron chi connectivity index (χ0n) is 11.3. The highest BCUT2D eigenvalue weighted by atomic mass is 32.1. The third-order valence-corrected chi connectivity index (χ3v) is 3.94. The zero-order valence-corrected chi connectivity index (χ0v) is 12.1. The molecule has 2 aromatic rings. The van der Waals surface area contributed by atoms with Crippen molar-refractivity contribution >= 4 is 11.3 Å². The summed E-state index contributed by atoms with van der Waals surface area (Å²) in [6.07, 6.45) is 7.50. The van der Waals surface area contributed by atoms with Crippen LogP contribution in [0.15, 0.2) is 24.7 Å². The molecule has 0 saturated heterocycles. The van der Waals surface area contributed by atoms with Gasteiger partial charge in [-0.1, -0.05) is 13.8 Å². The van der Waals surface area contributed by atoms with Crippen molar-refractivity contribution in [3.8, 4) is 0 Å². The van der Waals surface area contributed by atoms with Crippen molar-refractivity contribution in [2.75, 3.05) is 6.54 Å². The van der Waals surface area contributed by atoms with E-state index in [1.54, 1.807) is 11.3 Å². The fraction of sp³-hybridized carbons (Fsp3) is 0.500. The highest BCUT2D eigenvalue weighted by Crippen LogP contribution is 2.19. The van der Waals surface area contributed by atoms with Crippen LogP contribution < -0.4 is 5.32 Å². The van der Waals surface area contributed by atoms with Crippen LogP contribution in [0.5, 0.6) is 0 Å². The molecular formula is C14H21N3S. The molecule has 0 fully saturated rings. The second kappa shape index (κ2) is 6.16. The highest BCUT2D eigenvalue weighted by molar-refractivity contribution is 7.11. The molecular weight excluding hydrogens is 242 g/mol. The Morgan fingerprint density at radius 3 is 2.89 bits per heavy atom. The van der Waals surface area contributed by atoms with Gasteiger partial charge in [-0.3, -0.25) is 0 Å². The number of aromatic nitrogens is 2. The van der Waals surface area contributed by atoms with Crippen LogP contribution in [-0.4, -0.2) is 16.1 Å². The maximum Gasteiger partial charge on any atom is 0.0897 e. The van der Waals surface area contributed by atoms with Gasteiger partial charge in [0.25, 0.3) is 0 Å². The van der Waals surface area contributed by atoms with Crippen molar-refractivity contribution < 1.29 is 0 Å². The summed E-state index contributed by atoms with van der Waals surface area (Å²) in [7, 11) is 0. The Bertz CT molecular complexity index is 487. The van der Waals surface area contributed by atoms with Gasteiger partial charge in [-0.05, 0) is 31.5 Å². The molecule has 98 valence electrons. The van der Waals surface area contributed by atoms with Crippen LogP contribution in [0.2, 0.25) is 0 Å². The smallest absolute Gasteiger partial charge is 0.0897 e. The zero-order chi connectivity index (χ0) is 13.0. The summed E-state index contributed by atoms with van der Waals surface area (Å²) in [6, 6.07) is 2.68. The van der Waals surface area contributed by atoms with Gasteiger partial charge in [-0.2, -0.15) is 0 Å². The second-order valence-corrected chi connectivity index (χ2v) is 5.80. The van der Waals surface area contributed by atoms with Crippen LogP contribution in [0.4, 0.5) is 0 Å². The molecule has 1 atom stereocenters. The molecule has 0 saturated carbocycles. The molecule has 4 heteroatoms. The van der Waals surface area contributed by atoms with Gasteiger partial charge in [-0.15, -0.1) is 11.3 Å². The number of hydrogen-bond donors (Lipinski definition) is 1. The quantitative estimate of drug-likeness (QED) is 0.866. The summed E-state index contributed by atoms with van der Waals surface area (Å²) in [5.74, 6) is 0. The fourth-order valence-electron chi connectivity index (χ4n) is 2.17. The van der Waals surface area contributed by atoms with Gasteiger partial charge < -0.3 is 9.88 Å². The van der Waals surface area contributed by atoms with Gasteiger partial charge in [0.05, 0.1) is 11.6 Å². The lowest BCUT2D eigenvalue weighted by Gasteiger charge is -2.13. The third-order valence-electron chi connectivity index (χ3n) is 3.04. The SMILES string of the molecule is CCNC(CC)c1ccn(Cc2cnc(C)s2)c1. The van der Waals surface area contributed by atoms with E-state index in [-0.39, 0.29) is 0 Å². The molecule has 18 heavy (non-hydrogen) atoms. The van der Waals surface area contributed by atoms with Gasteiger partial charge in [0.2, 0.25) is 0 Å². The molecule has 0 aliphatic carbocycles. The van der Waals surface area contributed by atoms with Crippen LogP contribution in [0.25, 0.3) is 0 Å². The maximum absolute atomic E-state index is 4.29. The lowest BCUT2D eigenvalue weighted by atomic mass is 10.1. The van der Waals surface area contributed by atoms with E-state index >= 15 is 0 Å². The Labute approximate surface area is 113 Å². The Hall–Kier alpha value is -1.13. The van der Waals surface area contributed by atoms with Crippen molar-refractivity contribution in [3.63, 3.8) is 0 Å². The molecule has 2 heterocycles. The fourth-order valence-corrected chi connectivity index (χ4v) is 2.97. The van der Waals surface area contributed by atoms with E-state index in [4.69, 9.17) is 0 Å². The molecule has 2 aromatic heterocycles. The predicted molar refractivity (Wildman–Crippen MR) is 77.1 cm³/mol. The largest absolute Gasteiger partial charge is 0.349 e. The molecule has 1 unspecified atom stereocenters. The van der Waals surface area contributed by atoms with Crippen LogP contribution >= 0.6 is 11.3 Å². The van der Waals surface area contributed by atoms with E-state index < -0.39 is 0 Å². The maximum atomic E-state index is 4.29. The van der Waals surface area contributed by atoms with Gasteiger partial charge in [-0.25, -0.2) is 4.98 Å². The van der Waals surface area contributed by atoms with Crippen LogP contribution in [-0.2, 0) is 6.54 Å². The first-order valence-corrected chi connectivity index (χ1v) is 7.35. The first-order valence-electron chi connectivity index (χ1n) is 6.53. The number of nitrogens with zero attached hydrogens (tertiary/aromatic N) is 2. The minimum absolute atomic E-state index is 0.472. The summed E-state index contributed by atoms with van der Waals surface area (Å²) < 4.78 is 2.24. The van der Waals surface area contributed by atoms with Gasteiger partial charge in [0.1, 0.15) is 0 Å². The molecule has 0 aliphatic heterocycles. The Kier molecular flexibility index (Phi) is 4.55. The number of aryl methyl sites for hydroxylation is 1. The standard InChI is InChI=1S/C14H21N3S/c1-4-14(15-5-2)12-6-7-17(9-12)10-13-8-16-11(3)18-13/h6-9,14-15H,4-5,10H2,1-3H3. The van der Waals surface area contributed by atoms with Crippen molar-refractivity contribution in [1.82, 2.24) is 14.9 Å². The minimum Gasteiger partial charge on any atom is -0.349 e. The minimum atomic E-state index is 0.472. The molecule has 3 nitrogen and oxygen atoms in total. The second-order valence-electron chi connectivity index (χ2n) is 4.48. The summed E-state index contributed by atoms with van der Waals surface area (Å²) in [6.45, 7) is 8.36. The van der Waals surface area contributed by atoms with Crippen molar-refractivity contribution in [2.24, 2.45) is 0 Å². The normalized spacial score (nSPS) is 12.8. The molecule has 0 amide bonds. The lowest BCUT2D eigenvalue weighted by Crippen LogP contribution is -2.19. The van der Waals surface area contributed by atoms with Gasteiger partial charge >= 0.3 is 0 Å². The first-order chi connectivity index (χ1) is 8.72. The lowest BCUT2D eigenvalue weighted by molar-refractivity contribution is 0.536. The Morgan fingerprint density at radius 2 is 2.28 bits per heavy atom. The van der Waals surface area contributed by atoms with Crippen LogP contribution in [0.3, 0.4) is 0 Å². The Balaban J connectivity index is 2.05. The summed E-state index contributed by atoms with van der Waals surface area (Å²) in [5, 5.41) is 4.64. The van der Waals surface area contributed by atoms with E-state index in [1.807, 2.05) is 13.1 Å². The van der Waals surface area contributed by atoms with Crippen molar-refractivity contribution in [2.45, 2.75) is 39.8 Å². The number of rotatable bonds is 6. The third kappa shape index (κ3) is 3.21. The van der Waals surface area contributed by atoms with Crippen LogP contribution in [0.1, 0.15) is 41.8 Å². The predicted octanol–water partition coefficient (Wildman–Crippen LogP) is 3.36. The summed E-state index contributed by atoms with van der Waals surface area (Å²) in [4.78, 5) is 5.60. The van der Waals surface area contributed by atoms with E-state index in [0.717, 1.165) is 24.5 Å². The summed E-state index contributed by atoms with van der Waals surface area (Å²) >= 11 is 1.77. The van der Waals surface area contributed by atoms with E-state index in [2.05, 4.69) is 47.2 Å². The topological polar surface area (TPSA) is 29.9 Å². The molecule has 0 radical (unpaired) electrons. The van der Waals surface area contributed by atoms with E-state index in [9.17, 15) is 0 Å². The van der Waals surface area contributed by atoms with E-state index in [1.165, 1.54) is 10.4 Å².